The van der Waals surface area contributed by atoms with Crippen molar-refractivity contribution in [3.8, 4) is 17.4 Å². The number of carbonyl (C=O) groups is 2. The zero-order valence-electron chi connectivity index (χ0n) is 10.9. The standard InChI is InChI=1S/C13H11N3O5/c1-20-7-2-4-10(8(6-7)13(18)19)21-11-5-3-9(12(14)17)15-16-11/h2-6H,1H3,(H2,14,17)(H,18,19). The molecule has 2 rings (SSSR count). The highest BCUT2D eigenvalue weighted by atomic mass is 16.5. The van der Waals surface area contributed by atoms with Crippen molar-refractivity contribution in [1.29, 1.82) is 0 Å². The lowest BCUT2D eigenvalue weighted by molar-refractivity contribution is 0.0693. The second-order valence-corrected chi connectivity index (χ2v) is 3.89. The second kappa shape index (κ2) is 5.87. The third-order valence-electron chi connectivity index (χ3n) is 2.52. The fourth-order valence-electron chi connectivity index (χ4n) is 1.51. The number of carboxylic acid groups (broad SMARTS) is 1. The minimum absolute atomic E-state index is 0.0180. The number of aromatic nitrogens is 2. The molecule has 0 saturated carbocycles. The Hall–Kier alpha value is -3.16. The van der Waals surface area contributed by atoms with Gasteiger partial charge in [-0.05, 0) is 24.3 Å². The van der Waals surface area contributed by atoms with Crippen molar-refractivity contribution in [1.82, 2.24) is 10.2 Å². The van der Waals surface area contributed by atoms with Crippen molar-refractivity contribution in [3.63, 3.8) is 0 Å². The number of aromatic carboxylic acids is 1. The predicted molar refractivity (Wildman–Crippen MR) is 70.6 cm³/mol. The van der Waals surface area contributed by atoms with Gasteiger partial charge in [0, 0.05) is 6.07 Å². The van der Waals surface area contributed by atoms with Crippen LogP contribution in [-0.4, -0.2) is 34.3 Å². The van der Waals surface area contributed by atoms with Crippen LogP contribution in [0.15, 0.2) is 30.3 Å². The Morgan fingerprint density at radius 2 is 1.95 bits per heavy atom. The number of nitrogens with zero attached hydrogens (tertiary/aromatic N) is 2. The van der Waals surface area contributed by atoms with E-state index in [1.54, 1.807) is 6.07 Å². The molecule has 0 fully saturated rings. The van der Waals surface area contributed by atoms with E-state index in [4.69, 9.17) is 20.3 Å². The predicted octanol–water partition coefficient (Wildman–Crippen LogP) is 1.07. The molecule has 0 bridgehead atoms. The molecule has 21 heavy (non-hydrogen) atoms. The summed E-state index contributed by atoms with van der Waals surface area (Å²) in [4.78, 5) is 22.1. The van der Waals surface area contributed by atoms with Crippen LogP contribution in [0.25, 0.3) is 0 Å². The van der Waals surface area contributed by atoms with Crippen LogP contribution in [0.3, 0.4) is 0 Å². The fourth-order valence-corrected chi connectivity index (χ4v) is 1.51. The fraction of sp³-hybridized carbons (Fsp3) is 0.0769. The highest BCUT2D eigenvalue weighted by Gasteiger charge is 2.14. The van der Waals surface area contributed by atoms with E-state index in [2.05, 4.69) is 10.2 Å². The zero-order valence-corrected chi connectivity index (χ0v) is 10.9. The Bertz CT molecular complexity index is 685. The summed E-state index contributed by atoms with van der Waals surface area (Å²) in [7, 11) is 1.43. The molecule has 8 heteroatoms. The lowest BCUT2D eigenvalue weighted by Gasteiger charge is -2.09. The lowest BCUT2D eigenvalue weighted by atomic mass is 10.2. The van der Waals surface area contributed by atoms with Crippen molar-refractivity contribution in [3.05, 3.63) is 41.6 Å². The van der Waals surface area contributed by atoms with Gasteiger partial charge in [-0.3, -0.25) is 4.79 Å². The van der Waals surface area contributed by atoms with Crippen molar-refractivity contribution in [2.75, 3.05) is 7.11 Å². The number of carboxylic acids is 1. The quantitative estimate of drug-likeness (QED) is 0.843. The lowest BCUT2D eigenvalue weighted by Crippen LogP contribution is -2.13. The maximum Gasteiger partial charge on any atom is 0.339 e. The first-order chi connectivity index (χ1) is 10.0. The van der Waals surface area contributed by atoms with Gasteiger partial charge in [-0.2, -0.15) is 0 Å². The van der Waals surface area contributed by atoms with Gasteiger partial charge in [0.1, 0.15) is 17.1 Å². The van der Waals surface area contributed by atoms with Gasteiger partial charge >= 0.3 is 5.97 Å². The molecule has 3 N–H and O–H groups in total. The molecule has 2 aromatic rings. The second-order valence-electron chi connectivity index (χ2n) is 3.89. The van der Waals surface area contributed by atoms with Gasteiger partial charge in [-0.25, -0.2) is 4.79 Å². The number of amides is 1. The van der Waals surface area contributed by atoms with E-state index in [1.165, 1.54) is 31.4 Å². The molecule has 0 unspecified atom stereocenters. The Morgan fingerprint density at radius 1 is 1.19 bits per heavy atom. The minimum atomic E-state index is -1.18. The number of nitrogens with two attached hydrogens (primary N) is 1. The van der Waals surface area contributed by atoms with Crippen LogP contribution in [0.5, 0.6) is 17.4 Å². The SMILES string of the molecule is COc1ccc(Oc2ccc(C(N)=O)nn2)c(C(=O)O)c1. The van der Waals surface area contributed by atoms with Gasteiger partial charge in [-0.1, -0.05) is 0 Å². The monoisotopic (exact) mass is 289 g/mol. The van der Waals surface area contributed by atoms with Gasteiger partial charge in [0.15, 0.2) is 5.69 Å². The van der Waals surface area contributed by atoms with Gasteiger partial charge in [0.05, 0.1) is 7.11 Å². The molecule has 0 aliphatic heterocycles. The maximum atomic E-state index is 11.2. The van der Waals surface area contributed by atoms with Crippen molar-refractivity contribution in [2.45, 2.75) is 0 Å². The van der Waals surface area contributed by atoms with Crippen LogP contribution in [0.4, 0.5) is 0 Å². The Kier molecular flexibility index (Phi) is 3.98. The summed E-state index contributed by atoms with van der Waals surface area (Å²) >= 11 is 0. The van der Waals surface area contributed by atoms with Crippen LogP contribution >= 0.6 is 0 Å². The van der Waals surface area contributed by atoms with Crippen LogP contribution in [-0.2, 0) is 0 Å². The molecule has 0 radical (unpaired) electrons. The maximum absolute atomic E-state index is 11.2. The van der Waals surface area contributed by atoms with Gasteiger partial charge in [-0.15, -0.1) is 10.2 Å². The van der Waals surface area contributed by atoms with Gasteiger partial charge < -0.3 is 20.3 Å². The molecule has 1 amide bonds. The molecule has 1 heterocycles. The zero-order chi connectivity index (χ0) is 15.4. The smallest absolute Gasteiger partial charge is 0.339 e. The highest BCUT2D eigenvalue weighted by Crippen LogP contribution is 2.27. The molecule has 108 valence electrons. The third kappa shape index (κ3) is 3.24. The normalized spacial score (nSPS) is 9.95. The van der Waals surface area contributed by atoms with Crippen LogP contribution < -0.4 is 15.2 Å². The van der Waals surface area contributed by atoms with Crippen molar-refractivity contribution in [2.24, 2.45) is 5.73 Å². The van der Waals surface area contributed by atoms with Crippen molar-refractivity contribution < 1.29 is 24.2 Å². The average Bonchev–Trinajstić information content (AvgIpc) is 2.48. The van der Waals surface area contributed by atoms with Gasteiger partial charge in [0.25, 0.3) is 5.91 Å². The molecule has 0 spiro atoms. The van der Waals surface area contributed by atoms with Gasteiger partial charge in [0.2, 0.25) is 5.88 Å². The number of benzene rings is 1. The van der Waals surface area contributed by atoms with E-state index in [0.717, 1.165) is 0 Å². The number of ether oxygens (including phenoxy) is 2. The molecule has 0 aliphatic carbocycles. The first-order valence-corrected chi connectivity index (χ1v) is 5.74. The van der Waals surface area contributed by atoms with E-state index in [1.807, 2.05) is 0 Å². The van der Waals surface area contributed by atoms with E-state index in [9.17, 15) is 9.59 Å². The van der Waals surface area contributed by atoms with Crippen LogP contribution in [0, 0.1) is 0 Å². The number of hydrogen-bond acceptors (Lipinski definition) is 6. The van der Waals surface area contributed by atoms with E-state index in [-0.39, 0.29) is 22.9 Å². The number of rotatable bonds is 5. The van der Waals surface area contributed by atoms with Crippen LogP contribution in [0.1, 0.15) is 20.8 Å². The number of carbonyl (C=O) groups excluding carboxylic acids is 1. The molecule has 1 aromatic carbocycles. The third-order valence-corrected chi connectivity index (χ3v) is 2.52. The Morgan fingerprint density at radius 3 is 2.48 bits per heavy atom. The van der Waals surface area contributed by atoms with Crippen LogP contribution in [0.2, 0.25) is 0 Å². The summed E-state index contributed by atoms with van der Waals surface area (Å²) in [5.74, 6) is -1.40. The summed E-state index contributed by atoms with van der Waals surface area (Å²) in [5.41, 5.74) is 4.93. The molecule has 8 nitrogen and oxygen atoms in total. The first kappa shape index (κ1) is 14.3. The number of primary amides is 1. The molecule has 0 atom stereocenters. The molecular weight excluding hydrogens is 278 g/mol. The molecular formula is C13H11N3O5. The average molecular weight is 289 g/mol. The summed E-state index contributed by atoms with van der Waals surface area (Å²) < 4.78 is 10.3. The molecule has 0 saturated heterocycles. The van der Waals surface area contributed by atoms with Crippen molar-refractivity contribution >= 4 is 11.9 Å². The summed E-state index contributed by atoms with van der Waals surface area (Å²) in [6.07, 6.45) is 0. The van der Waals surface area contributed by atoms with E-state index in [0.29, 0.717) is 5.75 Å². The molecule has 0 aliphatic rings. The largest absolute Gasteiger partial charge is 0.497 e. The molecule has 1 aromatic heterocycles. The number of methoxy groups -OCH3 is 1. The van der Waals surface area contributed by atoms with E-state index >= 15 is 0 Å². The number of hydrogen-bond donors (Lipinski definition) is 2. The van der Waals surface area contributed by atoms with E-state index < -0.39 is 11.9 Å². The highest BCUT2D eigenvalue weighted by molar-refractivity contribution is 5.91. The topological polar surface area (TPSA) is 125 Å². The minimum Gasteiger partial charge on any atom is -0.497 e. The first-order valence-electron chi connectivity index (χ1n) is 5.74. The Labute approximate surface area is 119 Å². The Balaban J connectivity index is 2.30. The summed E-state index contributed by atoms with van der Waals surface area (Å²) in [6, 6.07) is 7.00. The summed E-state index contributed by atoms with van der Waals surface area (Å²) in [5, 5.41) is 16.3. The summed E-state index contributed by atoms with van der Waals surface area (Å²) in [6.45, 7) is 0.